The van der Waals surface area contributed by atoms with Gasteiger partial charge in [-0.2, -0.15) is 0 Å². The second-order valence-corrected chi connectivity index (χ2v) is 8.80. The van der Waals surface area contributed by atoms with Crippen molar-refractivity contribution in [1.82, 2.24) is 10.3 Å². The van der Waals surface area contributed by atoms with E-state index in [1.54, 1.807) is 0 Å². The number of benzene rings is 2. The summed E-state index contributed by atoms with van der Waals surface area (Å²) in [5, 5.41) is 5.88. The molecule has 2 unspecified atom stereocenters. The average molecular weight is 391 g/mol. The Bertz CT molecular complexity index is 1000. The highest BCUT2D eigenvalue weighted by molar-refractivity contribution is 6.31. The van der Waals surface area contributed by atoms with Gasteiger partial charge in [0.1, 0.15) is 0 Å². The SMILES string of the molecule is Clc1ccc2[nH]c3c(c2c1)CC(CCC1CC(c2ccccc2)=CCN1)CC3. The van der Waals surface area contributed by atoms with Crippen molar-refractivity contribution in [3.8, 4) is 0 Å². The number of hydrogen-bond donors (Lipinski definition) is 2. The van der Waals surface area contributed by atoms with Gasteiger partial charge < -0.3 is 10.3 Å². The van der Waals surface area contributed by atoms with E-state index >= 15 is 0 Å². The monoisotopic (exact) mass is 390 g/mol. The third-order valence-electron chi connectivity index (χ3n) is 6.54. The maximum Gasteiger partial charge on any atom is 0.0460 e. The second kappa shape index (κ2) is 7.77. The molecular formula is C25H27ClN2. The molecule has 2 aromatic carbocycles. The fourth-order valence-electron chi connectivity index (χ4n) is 5.01. The lowest BCUT2D eigenvalue weighted by Crippen LogP contribution is -2.33. The fraction of sp³-hybridized carbons (Fsp3) is 0.360. The van der Waals surface area contributed by atoms with Crippen molar-refractivity contribution in [2.75, 3.05) is 6.54 Å². The number of aryl methyl sites for hydroxylation is 1. The summed E-state index contributed by atoms with van der Waals surface area (Å²) < 4.78 is 0. The van der Waals surface area contributed by atoms with Crippen LogP contribution >= 0.6 is 11.6 Å². The highest BCUT2D eigenvalue weighted by atomic mass is 35.5. The Morgan fingerprint density at radius 3 is 2.79 bits per heavy atom. The molecule has 3 aromatic rings. The first kappa shape index (κ1) is 18.0. The summed E-state index contributed by atoms with van der Waals surface area (Å²) in [5.41, 5.74) is 7.06. The number of halogens is 1. The minimum absolute atomic E-state index is 0.596. The van der Waals surface area contributed by atoms with Gasteiger partial charge >= 0.3 is 0 Å². The summed E-state index contributed by atoms with van der Waals surface area (Å²) in [6, 6.07) is 17.7. The summed E-state index contributed by atoms with van der Waals surface area (Å²) in [5.74, 6) is 0.776. The predicted molar refractivity (Wildman–Crippen MR) is 119 cm³/mol. The number of aromatic amines is 1. The van der Waals surface area contributed by atoms with Crippen molar-refractivity contribution in [2.24, 2.45) is 5.92 Å². The number of fused-ring (bicyclic) bond motifs is 3. The van der Waals surface area contributed by atoms with Crippen LogP contribution in [0, 0.1) is 5.92 Å². The number of hydrogen-bond acceptors (Lipinski definition) is 1. The van der Waals surface area contributed by atoms with E-state index in [4.69, 9.17) is 11.6 Å². The molecule has 5 rings (SSSR count). The Balaban J connectivity index is 1.23. The van der Waals surface area contributed by atoms with Crippen LogP contribution in [0.15, 0.2) is 54.6 Å². The van der Waals surface area contributed by atoms with Crippen LogP contribution in [0.5, 0.6) is 0 Å². The highest BCUT2D eigenvalue weighted by Crippen LogP contribution is 2.35. The van der Waals surface area contributed by atoms with Crippen LogP contribution in [0.3, 0.4) is 0 Å². The first-order valence-electron chi connectivity index (χ1n) is 10.5. The molecule has 0 amide bonds. The lowest BCUT2D eigenvalue weighted by molar-refractivity contribution is 0.374. The maximum atomic E-state index is 6.25. The molecule has 0 saturated heterocycles. The van der Waals surface area contributed by atoms with Crippen LogP contribution in [-0.2, 0) is 12.8 Å². The fourth-order valence-corrected chi connectivity index (χ4v) is 5.18. The van der Waals surface area contributed by atoms with Crippen LogP contribution in [0.25, 0.3) is 16.5 Å². The molecule has 2 nitrogen and oxygen atoms in total. The van der Waals surface area contributed by atoms with E-state index in [0.717, 1.165) is 23.9 Å². The standard InChI is InChI=1S/C25H27ClN2/c26-20-8-11-25-23(16-20)22-14-17(7-10-24(22)28-25)6-9-21-15-19(12-13-27-21)18-4-2-1-3-5-18/h1-5,8,11-12,16-17,21,27-28H,6-7,9-10,13-15H2. The van der Waals surface area contributed by atoms with E-state index < -0.39 is 0 Å². The van der Waals surface area contributed by atoms with Gasteiger partial charge in [0.2, 0.25) is 0 Å². The molecule has 28 heavy (non-hydrogen) atoms. The predicted octanol–water partition coefficient (Wildman–Crippen LogP) is 6.15. The summed E-state index contributed by atoms with van der Waals surface area (Å²) in [7, 11) is 0. The van der Waals surface area contributed by atoms with Crippen LogP contribution in [0.1, 0.15) is 42.5 Å². The first-order chi connectivity index (χ1) is 13.8. The van der Waals surface area contributed by atoms with E-state index in [1.165, 1.54) is 65.4 Å². The number of H-pyrrole nitrogens is 1. The quantitative estimate of drug-likeness (QED) is 0.549. The van der Waals surface area contributed by atoms with Crippen LogP contribution in [0.4, 0.5) is 0 Å². The summed E-state index contributed by atoms with van der Waals surface area (Å²) >= 11 is 6.25. The van der Waals surface area contributed by atoms with Gasteiger partial charge in [0.25, 0.3) is 0 Å². The summed E-state index contributed by atoms with van der Waals surface area (Å²) in [4.78, 5) is 3.61. The second-order valence-electron chi connectivity index (χ2n) is 8.36. The van der Waals surface area contributed by atoms with E-state index in [-0.39, 0.29) is 0 Å². The molecule has 1 aromatic heterocycles. The molecule has 0 bridgehead atoms. The summed E-state index contributed by atoms with van der Waals surface area (Å²) in [6.07, 6.45) is 9.70. The third kappa shape index (κ3) is 3.64. The van der Waals surface area contributed by atoms with E-state index in [2.05, 4.69) is 58.8 Å². The Morgan fingerprint density at radius 1 is 1.00 bits per heavy atom. The van der Waals surface area contributed by atoms with Crippen LogP contribution in [-0.4, -0.2) is 17.6 Å². The van der Waals surface area contributed by atoms with Gasteiger partial charge in [-0.15, -0.1) is 0 Å². The molecule has 0 radical (unpaired) electrons. The van der Waals surface area contributed by atoms with Crippen LogP contribution < -0.4 is 5.32 Å². The molecular weight excluding hydrogens is 364 g/mol. The van der Waals surface area contributed by atoms with Gasteiger partial charge in [0.05, 0.1) is 0 Å². The van der Waals surface area contributed by atoms with E-state index in [1.807, 2.05) is 6.07 Å². The van der Waals surface area contributed by atoms with Crippen molar-refractivity contribution < 1.29 is 0 Å². The zero-order valence-corrected chi connectivity index (χ0v) is 16.9. The Labute approximate surface area is 172 Å². The molecule has 0 spiro atoms. The Hall–Kier alpha value is -2.03. The molecule has 1 aliphatic carbocycles. The smallest absolute Gasteiger partial charge is 0.0460 e. The van der Waals surface area contributed by atoms with Gasteiger partial charge in [0, 0.05) is 34.2 Å². The normalized spacial score (nSPS) is 22.1. The molecule has 0 fully saturated rings. The average Bonchev–Trinajstić information content (AvgIpc) is 3.10. The molecule has 1 aliphatic heterocycles. The van der Waals surface area contributed by atoms with Gasteiger partial charge in [-0.05, 0) is 79.3 Å². The van der Waals surface area contributed by atoms with Gasteiger partial charge in [-0.25, -0.2) is 0 Å². The largest absolute Gasteiger partial charge is 0.358 e. The first-order valence-corrected chi connectivity index (χ1v) is 10.9. The third-order valence-corrected chi connectivity index (χ3v) is 6.78. The number of rotatable bonds is 4. The number of aromatic nitrogens is 1. The lowest BCUT2D eigenvalue weighted by Gasteiger charge is -2.28. The molecule has 3 heteroatoms. The Morgan fingerprint density at radius 2 is 1.89 bits per heavy atom. The van der Waals surface area contributed by atoms with Crippen molar-refractivity contribution in [3.05, 3.63) is 76.5 Å². The van der Waals surface area contributed by atoms with Crippen molar-refractivity contribution in [1.29, 1.82) is 0 Å². The minimum atomic E-state index is 0.596. The molecule has 2 atom stereocenters. The molecule has 2 heterocycles. The van der Waals surface area contributed by atoms with Crippen molar-refractivity contribution in [3.63, 3.8) is 0 Å². The molecule has 0 saturated carbocycles. The summed E-state index contributed by atoms with van der Waals surface area (Å²) in [6.45, 7) is 0.991. The zero-order chi connectivity index (χ0) is 18.9. The van der Waals surface area contributed by atoms with Crippen LogP contribution in [0.2, 0.25) is 5.02 Å². The highest BCUT2D eigenvalue weighted by Gasteiger charge is 2.24. The zero-order valence-electron chi connectivity index (χ0n) is 16.2. The minimum Gasteiger partial charge on any atom is -0.358 e. The van der Waals surface area contributed by atoms with E-state index in [0.29, 0.717) is 6.04 Å². The van der Waals surface area contributed by atoms with Crippen molar-refractivity contribution >= 4 is 28.1 Å². The van der Waals surface area contributed by atoms with E-state index in [9.17, 15) is 0 Å². The van der Waals surface area contributed by atoms with Gasteiger partial charge in [-0.1, -0.05) is 48.0 Å². The topological polar surface area (TPSA) is 27.8 Å². The maximum absolute atomic E-state index is 6.25. The Kier molecular flexibility index (Phi) is 5.00. The van der Waals surface area contributed by atoms with Crippen molar-refractivity contribution in [2.45, 2.75) is 44.6 Å². The number of nitrogens with one attached hydrogen (secondary N) is 2. The molecule has 2 N–H and O–H groups in total. The molecule has 2 aliphatic rings. The van der Waals surface area contributed by atoms with Gasteiger partial charge in [0.15, 0.2) is 0 Å². The lowest BCUT2D eigenvalue weighted by atomic mass is 9.82. The van der Waals surface area contributed by atoms with Gasteiger partial charge in [-0.3, -0.25) is 0 Å². The molecule has 144 valence electrons.